The van der Waals surface area contributed by atoms with Gasteiger partial charge >= 0.3 is 0 Å². The fraction of sp³-hybridized carbons (Fsp3) is 0.462. The van der Waals surface area contributed by atoms with Crippen LogP contribution in [-0.4, -0.2) is 10.5 Å². The second-order valence-electron chi connectivity index (χ2n) is 4.74. The van der Waals surface area contributed by atoms with Crippen LogP contribution in [0.5, 0.6) is 0 Å². The third-order valence-corrected chi connectivity index (χ3v) is 4.22. The van der Waals surface area contributed by atoms with Crippen LogP contribution in [0.25, 0.3) is 0 Å². The topological polar surface area (TPSA) is 17.1 Å². The lowest BCUT2D eigenvalue weighted by atomic mass is 9.98. The van der Waals surface area contributed by atoms with Gasteiger partial charge in [0.25, 0.3) is 0 Å². The fourth-order valence-corrected chi connectivity index (χ4v) is 3.11. The van der Waals surface area contributed by atoms with E-state index >= 15 is 0 Å². The van der Waals surface area contributed by atoms with Crippen molar-refractivity contribution in [1.82, 2.24) is 0 Å². The van der Waals surface area contributed by atoms with Gasteiger partial charge in [-0.25, -0.2) is 0 Å². The molecule has 0 bridgehead atoms. The van der Waals surface area contributed by atoms with Crippen molar-refractivity contribution in [3.8, 4) is 0 Å². The highest BCUT2D eigenvalue weighted by Gasteiger charge is 2.26. The van der Waals surface area contributed by atoms with Crippen molar-refractivity contribution in [2.75, 3.05) is 0 Å². The summed E-state index contributed by atoms with van der Waals surface area (Å²) in [7, 11) is 0. The standard InChI is InChI=1S/C13H16OS/c1-9(14)10-4-5-12-11(8-10)6-7-13(2,3)15-12/h4-5,8H,6-7H2,1-3H3. The second kappa shape index (κ2) is 3.67. The lowest BCUT2D eigenvalue weighted by Crippen LogP contribution is -2.20. The summed E-state index contributed by atoms with van der Waals surface area (Å²) in [5.74, 6) is 0.160. The number of thioether (sulfide) groups is 1. The molecule has 1 aromatic carbocycles. The number of aryl methyl sites for hydroxylation is 1. The molecule has 15 heavy (non-hydrogen) atoms. The molecule has 0 spiro atoms. The lowest BCUT2D eigenvalue weighted by Gasteiger charge is -2.30. The smallest absolute Gasteiger partial charge is 0.159 e. The first kappa shape index (κ1) is 10.7. The molecule has 0 amide bonds. The quantitative estimate of drug-likeness (QED) is 0.671. The Balaban J connectivity index is 2.36. The number of carbonyl (C=O) groups excluding carboxylic acids is 1. The van der Waals surface area contributed by atoms with E-state index in [4.69, 9.17) is 0 Å². The first-order chi connectivity index (χ1) is 6.98. The normalized spacial score (nSPS) is 18.3. The predicted octanol–water partition coefficient (Wildman–Crippen LogP) is 3.71. The summed E-state index contributed by atoms with van der Waals surface area (Å²) in [4.78, 5) is 12.6. The van der Waals surface area contributed by atoms with E-state index in [0.29, 0.717) is 4.75 Å². The fourth-order valence-electron chi connectivity index (χ4n) is 1.88. The van der Waals surface area contributed by atoms with Crippen molar-refractivity contribution < 1.29 is 4.79 Å². The second-order valence-corrected chi connectivity index (χ2v) is 6.49. The van der Waals surface area contributed by atoms with Crippen LogP contribution in [0.4, 0.5) is 0 Å². The van der Waals surface area contributed by atoms with Crippen LogP contribution in [0.2, 0.25) is 0 Å². The number of hydrogen-bond donors (Lipinski definition) is 0. The third-order valence-electron chi connectivity index (χ3n) is 2.85. The Bertz CT molecular complexity index is 407. The maximum atomic E-state index is 11.3. The lowest BCUT2D eigenvalue weighted by molar-refractivity contribution is 0.101. The molecule has 2 heteroatoms. The Morgan fingerprint density at radius 3 is 2.80 bits per heavy atom. The van der Waals surface area contributed by atoms with Gasteiger partial charge in [-0.2, -0.15) is 0 Å². The molecule has 1 aliphatic rings. The molecule has 0 radical (unpaired) electrons. The van der Waals surface area contributed by atoms with E-state index in [2.05, 4.69) is 26.0 Å². The number of Topliss-reactive ketones (excluding diaryl/α,β-unsaturated/α-hetero) is 1. The molecule has 1 aliphatic heterocycles. The van der Waals surface area contributed by atoms with Gasteiger partial charge in [0, 0.05) is 15.2 Å². The number of ketones is 1. The van der Waals surface area contributed by atoms with Gasteiger partial charge < -0.3 is 0 Å². The average Bonchev–Trinajstić information content (AvgIpc) is 2.15. The van der Waals surface area contributed by atoms with Crippen molar-refractivity contribution in [2.45, 2.75) is 43.3 Å². The van der Waals surface area contributed by atoms with Crippen molar-refractivity contribution in [1.29, 1.82) is 0 Å². The van der Waals surface area contributed by atoms with Gasteiger partial charge in [0.1, 0.15) is 0 Å². The van der Waals surface area contributed by atoms with Gasteiger partial charge in [-0.3, -0.25) is 4.79 Å². The van der Waals surface area contributed by atoms with Crippen molar-refractivity contribution in [3.05, 3.63) is 29.3 Å². The van der Waals surface area contributed by atoms with E-state index in [1.807, 2.05) is 17.8 Å². The molecule has 0 saturated heterocycles. The summed E-state index contributed by atoms with van der Waals surface area (Å²) >= 11 is 1.92. The molecule has 1 aromatic rings. The summed E-state index contributed by atoms with van der Waals surface area (Å²) in [5.41, 5.74) is 2.18. The van der Waals surface area contributed by atoms with Crippen LogP contribution < -0.4 is 0 Å². The monoisotopic (exact) mass is 220 g/mol. The highest BCUT2D eigenvalue weighted by atomic mass is 32.2. The van der Waals surface area contributed by atoms with Gasteiger partial charge in [-0.05, 0) is 37.5 Å². The molecule has 1 heterocycles. The van der Waals surface area contributed by atoms with Crippen LogP contribution in [0.3, 0.4) is 0 Å². The maximum absolute atomic E-state index is 11.3. The summed E-state index contributed by atoms with van der Waals surface area (Å²) in [6.45, 7) is 6.18. The zero-order valence-electron chi connectivity index (χ0n) is 9.46. The Labute approximate surface area is 95.3 Å². The number of benzene rings is 1. The van der Waals surface area contributed by atoms with E-state index in [-0.39, 0.29) is 5.78 Å². The van der Waals surface area contributed by atoms with Crippen molar-refractivity contribution in [3.63, 3.8) is 0 Å². The number of carbonyl (C=O) groups is 1. The van der Waals surface area contributed by atoms with Crippen LogP contribution in [0.1, 0.15) is 43.1 Å². The highest BCUT2D eigenvalue weighted by molar-refractivity contribution is 8.00. The summed E-state index contributed by atoms with van der Waals surface area (Å²) in [5, 5.41) is 0. The zero-order chi connectivity index (χ0) is 11.1. The highest BCUT2D eigenvalue weighted by Crippen LogP contribution is 2.42. The molecule has 0 saturated carbocycles. The first-order valence-corrected chi connectivity index (χ1v) is 6.12. The van der Waals surface area contributed by atoms with Gasteiger partial charge in [0.15, 0.2) is 5.78 Å². The van der Waals surface area contributed by atoms with Gasteiger partial charge in [0.05, 0.1) is 0 Å². The molecular weight excluding hydrogens is 204 g/mol. The van der Waals surface area contributed by atoms with Crippen molar-refractivity contribution >= 4 is 17.5 Å². The Morgan fingerprint density at radius 2 is 2.13 bits per heavy atom. The number of rotatable bonds is 1. The predicted molar refractivity (Wildman–Crippen MR) is 64.7 cm³/mol. The minimum absolute atomic E-state index is 0.160. The summed E-state index contributed by atoms with van der Waals surface area (Å²) in [6.07, 6.45) is 2.28. The van der Waals surface area contributed by atoms with Crippen LogP contribution in [0, 0.1) is 0 Å². The van der Waals surface area contributed by atoms with E-state index in [1.54, 1.807) is 6.92 Å². The zero-order valence-corrected chi connectivity index (χ0v) is 10.3. The van der Waals surface area contributed by atoms with E-state index in [9.17, 15) is 4.79 Å². The first-order valence-electron chi connectivity index (χ1n) is 5.31. The Hall–Kier alpha value is -0.760. The summed E-state index contributed by atoms with van der Waals surface area (Å²) < 4.78 is 0.338. The molecule has 1 nitrogen and oxygen atoms in total. The Kier molecular flexibility index (Phi) is 2.63. The van der Waals surface area contributed by atoms with Crippen LogP contribution in [-0.2, 0) is 6.42 Å². The van der Waals surface area contributed by atoms with E-state index < -0.39 is 0 Å². The minimum Gasteiger partial charge on any atom is -0.295 e. The summed E-state index contributed by atoms with van der Waals surface area (Å²) in [6, 6.07) is 6.09. The molecule has 0 aliphatic carbocycles. The maximum Gasteiger partial charge on any atom is 0.159 e. The number of fused-ring (bicyclic) bond motifs is 1. The molecule has 0 aromatic heterocycles. The number of hydrogen-bond acceptors (Lipinski definition) is 2. The molecule has 0 atom stereocenters. The Morgan fingerprint density at radius 1 is 1.40 bits per heavy atom. The van der Waals surface area contributed by atoms with Gasteiger partial charge in [-0.1, -0.05) is 19.9 Å². The van der Waals surface area contributed by atoms with Crippen molar-refractivity contribution in [2.24, 2.45) is 0 Å². The van der Waals surface area contributed by atoms with Crippen LogP contribution in [0.15, 0.2) is 23.1 Å². The van der Waals surface area contributed by atoms with Crippen LogP contribution >= 0.6 is 11.8 Å². The molecule has 0 unspecified atom stereocenters. The SMILES string of the molecule is CC(=O)c1ccc2c(c1)CCC(C)(C)S2. The van der Waals surface area contributed by atoms with E-state index in [1.165, 1.54) is 16.9 Å². The average molecular weight is 220 g/mol. The molecular formula is C13H16OS. The molecule has 80 valence electrons. The van der Waals surface area contributed by atoms with Gasteiger partial charge in [-0.15, -0.1) is 11.8 Å². The largest absolute Gasteiger partial charge is 0.295 e. The van der Waals surface area contributed by atoms with E-state index in [0.717, 1.165) is 12.0 Å². The third kappa shape index (κ3) is 2.25. The molecule has 0 N–H and O–H groups in total. The van der Waals surface area contributed by atoms with Gasteiger partial charge in [0.2, 0.25) is 0 Å². The molecule has 2 rings (SSSR count). The molecule has 0 fully saturated rings. The minimum atomic E-state index is 0.160.